The van der Waals surface area contributed by atoms with Crippen LogP contribution in [0.25, 0.3) is 11.5 Å². The molecule has 3 rings (SSSR count). The van der Waals surface area contributed by atoms with Gasteiger partial charge in [0.1, 0.15) is 0 Å². The molecule has 1 amide bonds. The number of halogens is 1. The number of anilines is 1. The molecular weight excluding hydrogens is 372 g/mol. The Morgan fingerprint density at radius 2 is 1.96 bits per heavy atom. The van der Waals surface area contributed by atoms with E-state index in [1.165, 1.54) is 0 Å². The summed E-state index contributed by atoms with van der Waals surface area (Å²) in [6.45, 7) is 0. The number of carbonyl (C=O) groups excluding carboxylic acids is 1. The normalized spacial score (nSPS) is 10.3. The average Bonchev–Trinajstić information content (AvgIpc) is 3.11. The van der Waals surface area contributed by atoms with Gasteiger partial charge in [-0.05, 0) is 29.8 Å². The predicted molar refractivity (Wildman–Crippen MR) is 99.9 cm³/mol. The van der Waals surface area contributed by atoms with Crippen molar-refractivity contribution in [2.24, 2.45) is 0 Å². The third-order valence-corrected chi connectivity index (χ3v) is 4.51. The molecule has 130 valence electrons. The molecule has 0 spiro atoms. The lowest BCUT2D eigenvalue weighted by Gasteiger charge is -2.04. The van der Waals surface area contributed by atoms with Crippen molar-refractivity contribution in [2.45, 2.75) is 11.6 Å². The van der Waals surface area contributed by atoms with E-state index >= 15 is 0 Å². The van der Waals surface area contributed by atoms with E-state index in [4.69, 9.17) is 21.3 Å². The van der Waals surface area contributed by atoms with Crippen molar-refractivity contribution in [3.05, 3.63) is 59.1 Å². The molecule has 0 radical (unpaired) electrons. The molecule has 26 heavy (non-hydrogen) atoms. The predicted octanol–water partition coefficient (Wildman–Crippen LogP) is 4.19. The molecule has 8 heteroatoms. The fourth-order valence-electron chi connectivity index (χ4n) is 2.13. The number of nitrogens with zero attached hydrogens (tertiary/aromatic N) is 3. The summed E-state index contributed by atoms with van der Waals surface area (Å²) in [6, 6.07) is 16.4. The Balaban J connectivity index is 1.55. The first-order valence-electron chi connectivity index (χ1n) is 7.62. The van der Waals surface area contributed by atoms with E-state index in [1.807, 2.05) is 12.1 Å². The van der Waals surface area contributed by atoms with Gasteiger partial charge in [0.2, 0.25) is 11.8 Å². The molecular formula is C18H13ClN4O2S. The molecule has 0 saturated heterocycles. The van der Waals surface area contributed by atoms with Crippen LogP contribution in [0.15, 0.2) is 58.2 Å². The molecule has 1 heterocycles. The van der Waals surface area contributed by atoms with E-state index in [0.29, 0.717) is 33.8 Å². The highest BCUT2D eigenvalue weighted by atomic mass is 35.5. The third-order valence-electron chi connectivity index (χ3n) is 3.36. The minimum absolute atomic E-state index is 0.129. The third kappa shape index (κ3) is 4.63. The van der Waals surface area contributed by atoms with Crippen LogP contribution >= 0.6 is 23.4 Å². The van der Waals surface area contributed by atoms with Crippen LogP contribution in [0.5, 0.6) is 0 Å². The van der Waals surface area contributed by atoms with Crippen LogP contribution in [0.4, 0.5) is 5.69 Å². The van der Waals surface area contributed by atoms with Crippen LogP contribution in [0.1, 0.15) is 5.56 Å². The van der Waals surface area contributed by atoms with Crippen LogP contribution in [0, 0.1) is 11.3 Å². The number of nitrogens with one attached hydrogen (secondary N) is 1. The molecule has 0 unspecified atom stereocenters. The van der Waals surface area contributed by atoms with Crippen LogP contribution in [-0.2, 0) is 11.2 Å². The summed E-state index contributed by atoms with van der Waals surface area (Å²) in [4.78, 5) is 12.0. The molecule has 0 aliphatic carbocycles. The Morgan fingerprint density at radius 3 is 2.69 bits per heavy atom. The largest absolute Gasteiger partial charge is 0.411 e. The number of aromatic nitrogens is 2. The lowest BCUT2D eigenvalue weighted by atomic mass is 10.1. The van der Waals surface area contributed by atoms with Gasteiger partial charge in [-0.3, -0.25) is 4.79 Å². The Bertz CT molecular complexity index is 950. The molecule has 2 aromatic carbocycles. The minimum Gasteiger partial charge on any atom is -0.411 e. The molecule has 0 saturated carbocycles. The minimum atomic E-state index is -0.194. The summed E-state index contributed by atoms with van der Waals surface area (Å²) in [6.07, 6.45) is 0.342. The summed E-state index contributed by atoms with van der Waals surface area (Å²) in [5.41, 5.74) is 2.22. The van der Waals surface area contributed by atoms with Gasteiger partial charge in [0.25, 0.3) is 5.22 Å². The van der Waals surface area contributed by atoms with E-state index in [1.54, 1.807) is 36.4 Å². The van der Waals surface area contributed by atoms with Gasteiger partial charge >= 0.3 is 0 Å². The monoisotopic (exact) mass is 384 g/mol. The molecule has 3 aromatic rings. The van der Waals surface area contributed by atoms with Crippen molar-refractivity contribution in [1.82, 2.24) is 10.2 Å². The van der Waals surface area contributed by atoms with Crippen molar-refractivity contribution in [2.75, 3.05) is 11.1 Å². The van der Waals surface area contributed by atoms with E-state index in [-0.39, 0.29) is 11.7 Å². The van der Waals surface area contributed by atoms with Gasteiger partial charge < -0.3 is 9.73 Å². The Kier molecular flexibility index (Phi) is 5.89. The molecule has 1 N–H and O–H groups in total. The van der Waals surface area contributed by atoms with Gasteiger partial charge in [-0.15, -0.1) is 10.2 Å². The van der Waals surface area contributed by atoms with E-state index in [2.05, 4.69) is 21.6 Å². The number of nitriles is 1. The summed E-state index contributed by atoms with van der Waals surface area (Å²) in [5.74, 6) is 0.247. The van der Waals surface area contributed by atoms with E-state index < -0.39 is 0 Å². The van der Waals surface area contributed by atoms with Gasteiger partial charge in [0.15, 0.2) is 0 Å². The number of thioether (sulfide) groups is 1. The second-order valence-electron chi connectivity index (χ2n) is 5.22. The van der Waals surface area contributed by atoms with Gasteiger partial charge in [-0.2, -0.15) is 5.26 Å². The molecule has 0 atom stereocenters. The zero-order chi connectivity index (χ0) is 18.4. The molecule has 0 fully saturated rings. The molecule has 0 aliphatic heterocycles. The first kappa shape index (κ1) is 18.0. The zero-order valence-electron chi connectivity index (χ0n) is 13.5. The highest BCUT2D eigenvalue weighted by Crippen LogP contribution is 2.28. The first-order valence-corrected chi connectivity index (χ1v) is 8.99. The lowest BCUT2D eigenvalue weighted by molar-refractivity contribution is -0.113. The van der Waals surface area contributed by atoms with Gasteiger partial charge in [0.05, 0.1) is 28.8 Å². The van der Waals surface area contributed by atoms with Crippen LogP contribution in [0.2, 0.25) is 5.02 Å². The fraction of sp³-hybridized carbons (Fsp3) is 0.111. The molecule has 6 nitrogen and oxygen atoms in total. The smallest absolute Gasteiger partial charge is 0.277 e. The number of benzene rings is 2. The topological polar surface area (TPSA) is 91.8 Å². The highest BCUT2D eigenvalue weighted by molar-refractivity contribution is 7.99. The summed E-state index contributed by atoms with van der Waals surface area (Å²) >= 11 is 7.24. The number of hydrogen-bond donors (Lipinski definition) is 1. The number of rotatable bonds is 6. The summed E-state index contributed by atoms with van der Waals surface area (Å²) in [5, 5.41) is 20.1. The van der Waals surface area contributed by atoms with Crippen molar-refractivity contribution < 1.29 is 9.21 Å². The van der Waals surface area contributed by atoms with E-state index in [9.17, 15) is 4.79 Å². The number of amides is 1. The number of hydrogen-bond acceptors (Lipinski definition) is 6. The highest BCUT2D eigenvalue weighted by Gasteiger charge is 2.13. The molecule has 0 aliphatic rings. The zero-order valence-corrected chi connectivity index (χ0v) is 15.0. The average molecular weight is 385 g/mol. The summed E-state index contributed by atoms with van der Waals surface area (Å²) in [7, 11) is 0. The van der Waals surface area contributed by atoms with Gasteiger partial charge in [0, 0.05) is 5.69 Å². The van der Waals surface area contributed by atoms with Crippen LogP contribution in [-0.4, -0.2) is 21.9 Å². The Morgan fingerprint density at radius 1 is 1.19 bits per heavy atom. The van der Waals surface area contributed by atoms with Crippen LogP contribution in [0.3, 0.4) is 0 Å². The van der Waals surface area contributed by atoms with Gasteiger partial charge in [-0.1, -0.05) is 47.6 Å². The second kappa shape index (κ2) is 8.52. The Labute approximate surface area is 159 Å². The van der Waals surface area contributed by atoms with Crippen molar-refractivity contribution >= 4 is 35.0 Å². The Hall–Kier alpha value is -2.82. The maximum atomic E-state index is 12.0. The first-order chi connectivity index (χ1) is 12.7. The standard InChI is InChI=1S/C18H13ClN4O2S/c19-15-4-2-1-3-14(15)17-22-23-18(25-17)26-11-16(24)21-13-7-5-12(6-8-13)9-10-20/h1-8H,9,11H2,(H,21,24). The fourth-order valence-corrected chi connectivity index (χ4v) is 2.91. The van der Waals surface area contributed by atoms with Crippen molar-refractivity contribution in [3.63, 3.8) is 0 Å². The maximum absolute atomic E-state index is 12.0. The maximum Gasteiger partial charge on any atom is 0.277 e. The van der Waals surface area contributed by atoms with Crippen molar-refractivity contribution in [1.29, 1.82) is 5.26 Å². The molecule has 1 aromatic heterocycles. The van der Waals surface area contributed by atoms with Gasteiger partial charge in [-0.25, -0.2) is 0 Å². The van der Waals surface area contributed by atoms with Crippen molar-refractivity contribution in [3.8, 4) is 17.5 Å². The van der Waals surface area contributed by atoms with Crippen LogP contribution < -0.4 is 5.32 Å². The SMILES string of the molecule is N#CCc1ccc(NC(=O)CSc2nnc(-c3ccccc3Cl)o2)cc1. The summed E-state index contributed by atoms with van der Waals surface area (Å²) < 4.78 is 5.54. The lowest BCUT2D eigenvalue weighted by Crippen LogP contribution is -2.13. The number of carbonyl (C=O) groups is 1. The molecule has 0 bridgehead atoms. The van der Waals surface area contributed by atoms with E-state index in [0.717, 1.165) is 17.3 Å². The second-order valence-corrected chi connectivity index (χ2v) is 6.56. The quantitative estimate of drug-likeness (QED) is 0.641.